The van der Waals surface area contributed by atoms with Crippen LogP contribution in [0.2, 0.25) is 0 Å². The zero-order valence-corrected chi connectivity index (χ0v) is 11.0. The fraction of sp³-hybridized carbons (Fsp3) is 0.571. The molecule has 104 valence electrons. The first-order valence-electron chi connectivity index (χ1n) is 6.71. The van der Waals surface area contributed by atoms with Gasteiger partial charge in [-0.25, -0.2) is 0 Å². The van der Waals surface area contributed by atoms with E-state index < -0.39 is 0 Å². The second-order valence-corrected chi connectivity index (χ2v) is 4.63. The van der Waals surface area contributed by atoms with Gasteiger partial charge < -0.3 is 14.8 Å². The predicted molar refractivity (Wildman–Crippen MR) is 70.9 cm³/mol. The highest BCUT2D eigenvalue weighted by molar-refractivity contribution is 5.92. The number of nitrogens with one attached hydrogen (secondary N) is 1. The lowest BCUT2D eigenvalue weighted by atomic mass is 10.1. The average Bonchev–Trinajstić information content (AvgIpc) is 2.96. The Morgan fingerprint density at radius 1 is 1.53 bits per heavy atom. The van der Waals surface area contributed by atoms with Crippen molar-refractivity contribution in [2.24, 2.45) is 5.92 Å². The maximum Gasteiger partial charge on any atom is 0.269 e. The van der Waals surface area contributed by atoms with E-state index in [1.54, 1.807) is 24.4 Å². The summed E-state index contributed by atoms with van der Waals surface area (Å²) in [5, 5.41) is 2.82. The number of carbonyl (C=O) groups excluding carboxylic acids is 1. The number of hydrogen-bond donors (Lipinski definition) is 1. The summed E-state index contributed by atoms with van der Waals surface area (Å²) in [5.74, 6) is 0.410. The highest BCUT2D eigenvalue weighted by Gasteiger charge is 2.15. The number of rotatable bonds is 7. The van der Waals surface area contributed by atoms with Crippen molar-refractivity contribution in [2.45, 2.75) is 12.8 Å². The second-order valence-electron chi connectivity index (χ2n) is 4.63. The Morgan fingerprint density at radius 3 is 3.21 bits per heavy atom. The third-order valence-corrected chi connectivity index (χ3v) is 3.03. The molecule has 1 fully saturated rings. The minimum absolute atomic E-state index is 0.134. The summed E-state index contributed by atoms with van der Waals surface area (Å²) in [5.41, 5.74) is 0.450. The Balaban J connectivity index is 1.51. The molecule has 0 radical (unpaired) electrons. The molecule has 1 N–H and O–H groups in total. The number of pyridine rings is 1. The first-order valence-corrected chi connectivity index (χ1v) is 6.71. The lowest BCUT2D eigenvalue weighted by Crippen LogP contribution is -2.26. The van der Waals surface area contributed by atoms with Crippen molar-refractivity contribution < 1.29 is 14.3 Å². The number of carbonyl (C=O) groups is 1. The van der Waals surface area contributed by atoms with Crippen LogP contribution < -0.4 is 5.32 Å². The van der Waals surface area contributed by atoms with Gasteiger partial charge in [-0.15, -0.1) is 0 Å². The molecule has 0 spiro atoms. The van der Waals surface area contributed by atoms with Crippen LogP contribution in [-0.4, -0.2) is 43.9 Å². The van der Waals surface area contributed by atoms with E-state index in [2.05, 4.69) is 10.3 Å². The molecule has 1 aliphatic rings. The summed E-state index contributed by atoms with van der Waals surface area (Å²) in [6.45, 7) is 3.70. The molecule has 1 saturated heterocycles. The highest BCUT2D eigenvalue weighted by Crippen LogP contribution is 2.12. The minimum atomic E-state index is -0.134. The molecule has 2 rings (SSSR count). The van der Waals surface area contributed by atoms with Gasteiger partial charge >= 0.3 is 0 Å². The van der Waals surface area contributed by atoms with Gasteiger partial charge in [-0.05, 0) is 25.0 Å². The molecule has 0 unspecified atom stereocenters. The van der Waals surface area contributed by atoms with Crippen LogP contribution in [0.4, 0.5) is 0 Å². The lowest BCUT2D eigenvalue weighted by molar-refractivity contribution is 0.0852. The molecule has 2 heterocycles. The fourth-order valence-corrected chi connectivity index (χ4v) is 1.93. The number of amides is 1. The summed E-state index contributed by atoms with van der Waals surface area (Å²) >= 11 is 0. The normalized spacial score (nSPS) is 18.4. The Morgan fingerprint density at radius 2 is 2.47 bits per heavy atom. The molecule has 5 heteroatoms. The molecule has 1 atom stereocenters. The lowest BCUT2D eigenvalue weighted by Gasteiger charge is -2.09. The van der Waals surface area contributed by atoms with E-state index in [1.807, 2.05) is 0 Å². The molecule has 19 heavy (non-hydrogen) atoms. The third kappa shape index (κ3) is 4.96. The summed E-state index contributed by atoms with van der Waals surface area (Å²) in [7, 11) is 0. The number of aromatic nitrogens is 1. The van der Waals surface area contributed by atoms with Gasteiger partial charge in [0.2, 0.25) is 0 Å². The first-order chi connectivity index (χ1) is 9.36. The van der Waals surface area contributed by atoms with E-state index in [9.17, 15) is 4.79 Å². The maximum atomic E-state index is 11.7. The van der Waals surface area contributed by atoms with Crippen LogP contribution in [0.1, 0.15) is 23.3 Å². The van der Waals surface area contributed by atoms with Gasteiger partial charge in [0, 0.05) is 31.9 Å². The molecule has 0 aliphatic carbocycles. The smallest absolute Gasteiger partial charge is 0.269 e. The molecule has 1 aromatic heterocycles. The van der Waals surface area contributed by atoms with Crippen LogP contribution in [-0.2, 0) is 9.47 Å². The summed E-state index contributed by atoms with van der Waals surface area (Å²) in [6.07, 6.45) is 3.52. The zero-order chi connectivity index (χ0) is 13.3. The van der Waals surface area contributed by atoms with Crippen molar-refractivity contribution in [3.8, 4) is 0 Å². The SMILES string of the molecule is O=C(NCCCOC[C@@H]1CCOC1)c1ccccn1. The van der Waals surface area contributed by atoms with Crippen LogP contribution in [0, 0.1) is 5.92 Å². The molecule has 0 saturated carbocycles. The van der Waals surface area contributed by atoms with Crippen molar-refractivity contribution in [2.75, 3.05) is 33.0 Å². The van der Waals surface area contributed by atoms with E-state index in [0.29, 0.717) is 24.8 Å². The Bertz CT molecular complexity index is 378. The van der Waals surface area contributed by atoms with Crippen molar-refractivity contribution in [3.05, 3.63) is 30.1 Å². The molecule has 1 amide bonds. The van der Waals surface area contributed by atoms with Crippen LogP contribution in [0.3, 0.4) is 0 Å². The van der Waals surface area contributed by atoms with E-state index in [0.717, 1.165) is 32.7 Å². The van der Waals surface area contributed by atoms with E-state index >= 15 is 0 Å². The minimum Gasteiger partial charge on any atom is -0.381 e. The molecular formula is C14H20N2O3. The van der Waals surface area contributed by atoms with E-state index in [-0.39, 0.29) is 5.91 Å². The Labute approximate surface area is 113 Å². The zero-order valence-electron chi connectivity index (χ0n) is 11.0. The van der Waals surface area contributed by atoms with Crippen LogP contribution in [0.15, 0.2) is 24.4 Å². The topological polar surface area (TPSA) is 60.5 Å². The van der Waals surface area contributed by atoms with Gasteiger partial charge in [0.25, 0.3) is 5.91 Å². The Hall–Kier alpha value is -1.46. The molecular weight excluding hydrogens is 244 g/mol. The van der Waals surface area contributed by atoms with Gasteiger partial charge in [0.05, 0.1) is 13.2 Å². The number of hydrogen-bond acceptors (Lipinski definition) is 4. The summed E-state index contributed by atoms with van der Waals surface area (Å²) in [6, 6.07) is 5.29. The first kappa shape index (κ1) is 14.0. The van der Waals surface area contributed by atoms with Crippen molar-refractivity contribution >= 4 is 5.91 Å². The van der Waals surface area contributed by atoms with E-state index in [1.165, 1.54) is 0 Å². The third-order valence-electron chi connectivity index (χ3n) is 3.03. The van der Waals surface area contributed by atoms with Gasteiger partial charge in [-0.3, -0.25) is 9.78 Å². The number of nitrogens with zero attached hydrogens (tertiary/aromatic N) is 1. The molecule has 0 bridgehead atoms. The second kappa shape index (κ2) is 7.86. The number of ether oxygens (including phenoxy) is 2. The highest BCUT2D eigenvalue weighted by atomic mass is 16.5. The summed E-state index contributed by atoms with van der Waals surface area (Å²) in [4.78, 5) is 15.6. The standard InChI is InChI=1S/C14H20N2O3/c17-14(13-4-1-2-6-15-13)16-7-3-8-18-10-12-5-9-19-11-12/h1-2,4,6,12H,3,5,7-11H2,(H,16,17)/t12-/m0/s1. The Kier molecular flexibility index (Phi) is 5.78. The monoisotopic (exact) mass is 264 g/mol. The van der Waals surface area contributed by atoms with Gasteiger partial charge in [-0.1, -0.05) is 6.07 Å². The largest absolute Gasteiger partial charge is 0.381 e. The molecule has 1 aromatic rings. The predicted octanol–water partition coefficient (Wildman–Crippen LogP) is 1.25. The van der Waals surface area contributed by atoms with Crippen LogP contribution in [0.5, 0.6) is 0 Å². The van der Waals surface area contributed by atoms with E-state index in [4.69, 9.17) is 9.47 Å². The summed E-state index contributed by atoms with van der Waals surface area (Å²) < 4.78 is 10.8. The van der Waals surface area contributed by atoms with Gasteiger partial charge in [0.1, 0.15) is 5.69 Å². The van der Waals surface area contributed by atoms with Crippen molar-refractivity contribution in [1.82, 2.24) is 10.3 Å². The van der Waals surface area contributed by atoms with Crippen molar-refractivity contribution in [3.63, 3.8) is 0 Å². The average molecular weight is 264 g/mol. The van der Waals surface area contributed by atoms with Crippen LogP contribution in [0.25, 0.3) is 0 Å². The van der Waals surface area contributed by atoms with Gasteiger partial charge in [0.15, 0.2) is 0 Å². The molecule has 5 nitrogen and oxygen atoms in total. The van der Waals surface area contributed by atoms with Gasteiger partial charge in [-0.2, -0.15) is 0 Å². The van der Waals surface area contributed by atoms with Crippen molar-refractivity contribution in [1.29, 1.82) is 0 Å². The maximum absolute atomic E-state index is 11.7. The quantitative estimate of drug-likeness (QED) is 0.753. The van der Waals surface area contributed by atoms with Crippen LogP contribution >= 0.6 is 0 Å². The molecule has 0 aromatic carbocycles. The fourth-order valence-electron chi connectivity index (χ4n) is 1.93. The molecule has 1 aliphatic heterocycles.